The van der Waals surface area contributed by atoms with Gasteiger partial charge in [0, 0.05) is 11.8 Å². The molecule has 27 heavy (non-hydrogen) atoms. The Morgan fingerprint density at radius 3 is 2.37 bits per heavy atom. The van der Waals surface area contributed by atoms with Crippen LogP contribution >= 0.6 is 0 Å². The van der Waals surface area contributed by atoms with E-state index in [1.807, 2.05) is 49.7 Å². The molecule has 6 nitrogen and oxygen atoms in total. The summed E-state index contributed by atoms with van der Waals surface area (Å²) in [5.74, 6) is 0.676. The van der Waals surface area contributed by atoms with Crippen LogP contribution in [0.5, 0.6) is 0 Å². The Morgan fingerprint density at radius 1 is 1.15 bits per heavy atom. The Labute approximate surface area is 162 Å². The number of nitrogen functional groups attached to an aromatic ring is 1. The van der Waals surface area contributed by atoms with Crippen molar-refractivity contribution in [2.45, 2.75) is 72.4 Å². The molecule has 0 bridgehead atoms. The summed E-state index contributed by atoms with van der Waals surface area (Å²) in [5, 5.41) is 7.44. The number of hydrogen-bond donors (Lipinski definition) is 2. The second-order valence-electron chi connectivity index (χ2n) is 8.91. The van der Waals surface area contributed by atoms with Crippen molar-refractivity contribution in [2.24, 2.45) is 0 Å². The highest BCUT2D eigenvalue weighted by molar-refractivity contribution is 5.85. The molecule has 0 unspecified atom stereocenters. The summed E-state index contributed by atoms with van der Waals surface area (Å²) in [5.41, 5.74) is 9.45. The van der Waals surface area contributed by atoms with Gasteiger partial charge in [0.1, 0.15) is 11.4 Å². The maximum Gasteiger partial charge on any atom is 0.412 e. The standard InChI is InChI=1S/C21H32N4O2/c1-14-8-10-16(23-19(26)27-21(5,6)7)12-15(14)9-11-17-13-18(22)25(24-17)20(2,3)4/h8,10,12-13H,9,11,22H2,1-7H3,(H,23,26). The van der Waals surface area contributed by atoms with E-state index in [0.717, 1.165) is 29.8 Å². The summed E-state index contributed by atoms with van der Waals surface area (Å²) in [6.45, 7) is 13.8. The SMILES string of the molecule is Cc1ccc(NC(=O)OC(C)(C)C)cc1CCc1cc(N)n(C(C)(C)C)n1. The number of benzene rings is 1. The van der Waals surface area contributed by atoms with Crippen molar-refractivity contribution in [3.63, 3.8) is 0 Å². The molecule has 1 aromatic carbocycles. The number of carbonyl (C=O) groups excluding carboxylic acids is 1. The number of nitrogens with two attached hydrogens (primary N) is 1. The Balaban J connectivity index is 2.08. The molecule has 0 aliphatic carbocycles. The first-order chi connectivity index (χ1) is 12.3. The number of amides is 1. The first kappa shape index (κ1) is 20.8. The van der Waals surface area contributed by atoms with E-state index in [1.54, 1.807) is 0 Å². The van der Waals surface area contributed by atoms with Crippen molar-refractivity contribution < 1.29 is 9.53 Å². The lowest BCUT2D eigenvalue weighted by molar-refractivity contribution is 0.0636. The van der Waals surface area contributed by atoms with Crippen LogP contribution in [0.15, 0.2) is 24.3 Å². The van der Waals surface area contributed by atoms with Crippen LogP contribution in [0.2, 0.25) is 0 Å². The third-order valence-electron chi connectivity index (χ3n) is 4.07. The van der Waals surface area contributed by atoms with Crippen LogP contribution in [0.25, 0.3) is 0 Å². The van der Waals surface area contributed by atoms with E-state index in [2.05, 4.69) is 38.1 Å². The van der Waals surface area contributed by atoms with Gasteiger partial charge in [-0.1, -0.05) is 6.07 Å². The van der Waals surface area contributed by atoms with Crippen molar-refractivity contribution >= 4 is 17.6 Å². The van der Waals surface area contributed by atoms with E-state index in [-0.39, 0.29) is 5.54 Å². The number of rotatable bonds is 4. The van der Waals surface area contributed by atoms with Crippen molar-refractivity contribution in [3.8, 4) is 0 Å². The average molecular weight is 373 g/mol. The first-order valence-corrected chi connectivity index (χ1v) is 9.29. The number of hydrogen-bond acceptors (Lipinski definition) is 4. The summed E-state index contributed by atoms with van der Waals surface area (Å²) in [7, 11) is 0. The van der Waals surface area contributed by atoms with Gasteiger partial charge in [-0.2, -0.15) is 5.10 Å². The molecule has 0 aliphatic heterocycles. The van der Waals surface area contributed by atoms with Crippen LogP contribution in [-0.2, 0) is 23.1 Å². The summed E-state index contributed by atoms with van der Waals surface area (Å²) in [6, 6.07) is 7.81. The Hall–Kier alpha value is -2.50. The summed E-state index contributed by atoms with van der Waals surface area (Å²) in [6.07, 6.45) is 1.15. The monoisotopic (exact) mass is 372 g/mol. The highest BCUT2D eigenvalue weighted by Crippen LogP contribution is 2.22. The minimum Gasteiger partial charge on any atom is -0.444 e. The van der Waals surface area contributed by atoms with Crippen LogP contribution in [0.4, 0.5) is 16.3 Å². The number of anilines is 2. The normalized spacial score (nSPS) is 12.1. The van der Waals surface area contributed by atoms with Crippen molar-refractivity contribution in [1.29, 1.82) is 0 Å². The van der Waals surface area contributed by atoms with Gasteiger partial charge in [0.05, 0.1) is 11.2 Å². The molecule has 0 saturated carbocycles. The molecule has 2 rings (SSSR count). The quantitative estimate of drug-likeness (QED) is 0.817. The molecule has 148 valence electrons. The zero-order valence-electron chi connectivity index (χ0n) is 17.5. The molecule has 3 N–H and O–H groups in total. The molecule has 0 fully saturated rings. The van der Waals surface area contributed by atoms with Gasteiger partial charge >= 0.3 is 6.09 Å². The minimum atomic E-state index is -0.524. The average Bonchev–Trinajstić information content (AvgIpc) is 2.87. The molecule has 1 amide bonds. The lowest BCUT2D eigenvalue weighted by Crippen LogP contribution is -2.27. The van der Waals surface area contributed by atoms with Gasteiger partial charge in [-0.3, -0.25) is 5.32 Å². The molecule has 0 radical (unpaired) electrons. The van der Waals surface area contributed by atoms with Gasteiger partial charge in [0.2, 0.25) is 0 Å². The predicted molar refractivity (Wildman–Crippen MR) is 110 cm³/mol. The first-order valence-electron chi connectivity index (χ1n) is 9.29. The molecule has 0 saturated heterocycles. The van der Waals surface area contributed by atoms with Gasteiger partial charge in [0.25, 0.3) is 0 Å². The smallest absolute Gasteiger partial charge is 0.412 e. The van der Waals surface area contributed by atoms with E-state index in [9.17, 15) is 4.79 Å². The van der Waals surface area contributed by atoms with Gasteiger partial charge in [-0.25, -0.2) is 9.48 Å². The molecule has 0 spiro atoms. The molecular weight excluding hydrogens is 340 g/mol. The number of nitrogens with one attached hydrogen (secondary N) is 1. The van der Waals surface area contributed by atoms with Crippen LogP contribution in [0, 0.1) is 6.92 Å². The fraction of sp³-hybridized carbons (Fsp3) is 0.524. The summed E-state index contributed by atoms with van der Waals surface area (Å²) in [4.78, 5) is 12.0. The molecule has 2 aromatic rings. The zero-order chi connectivity index (χ0) is 20.4. The van der Waals surface area contributed by atoms with E-state index >= 15 is 0 Å². The topological polar surface area (TPSA) is 82.2 Å². The molecule has 0 atom stereocenters. The van der Waals surface area contributed by atoms with Gasteiger partial charge < -0.3 is 10.5 Å². The van der Waals surface area contributed by atoms with E-state index in [1.165, 1.54) is 5.56 Å². The molecule has 6 heteroatoms. The van der Waals surface area contributed by atoms with E-state index in [4.69, 9.17) is 10.5 Å². The van der Waals surface area contributed by atoms with Crippen LogP contribution in [-0.4, -0.2) is 21.5 Å². The molecular formula is C21H32N4O2. The number of aromatic nitrogens is 2. The summed E-state index contributed by atoms with van der Waals surface area (Å²) < 4.78 is 7.17. The zero-order valence-corrected chi connectivity index (χ0v) is 17.5. The highest BCUT2D eigenvalue weighted by atomic mass is 16.6. The van der Waals surface area contributed by atoms with Gasteiger partial charge in [-0.05, 0) is 84.6 Å². The Morgan fingerprint density at radius 2 is 1.81 bits per heavy atom. The lowest BCUT2D eigenvalue weighted by Gasteiger charge is -2.20. The molecule has 1 heterocycles. The maximum absolute atomic E-state index is 12.0. The fourth-order valence-electron chi connectivity index (χ4n) is 2.81. The predicted octanol–water partition coefficient (Wildman–Crippen LogP) is 4.66. The van der Waals surface area contributed by atoms with E-state index in [0.29, 0.717) is 5.82 Å². The summed E-state index contributed by atoms with van der Waals surface area (Å²) >= 11 is 0. The number of nitrogens with zero attached hydrogens (tertiary/aromatic N) is 2. The fourth-order valence-corrected chi connectivity index (χ4v) is 2.81. The highest BCUT2D eigenvalue weighted by Gasteiger charge is 2.18. The maximum atomic E-state index is 12.0. The van der Waals surface area contributed by atoms with Crippen LogP contribution < -0.4 is 11.1 Å². The third-order valence-corrected chi connectivity index (χ3v) is 4.07. The lowest BCUT2D eigenvalue weighted by atomic mass is 10.0. The minimum absolute atomic E-state index is 0.143. The second kappa shape index (κ2) is 7.62. The van der Waals surface area contributed by atoms with E-state index < -0.39 is 11.7 Å². The number of carbonyl (C=O) groups is 1. The van der Waals surface area contributed by atoms with Gasteiger partial charge in [-0.15, -0.1) is 0 Å². The van der Waals surface area contributed by atoms with Crippen LogP contribution in [0.3, 0.4) is 0 Å². The van der Waals surface area contributed by atoms with Gasteiger partial charge in [0.15, 0.2) is 0 Å². The van der Waals surface area contributed by atoms with Crippen molar-refractivity contribution in [2.75, 3.05) is 11.1 Å². The molecule has 0 aliphatic rings. The third kappa shape index (κ3) is 6.01. The Bertz CT molecular complexity index is 811. The van der Waals surface area contributed by atoms with Crippen molar-refractivity contribution in [3.05, 3.63) is 41.1 Å². The van der Waals surface area contributed by atoms with Crippen molar-refractivity contribution in [1.82, 2.24) is 9.78 Å². The molecule has 1 aromatic heterocycles. The Kier molecular flexibility index (Phi) is 5.88. The van der Waals surface area contributed by atoms with Crippen LogP contribution in [0.1, 0.15) is 58.4 Å². The second-order valence-corrected chi connectivity index (χ2v) is 8.91. The number of ether oxygens (including phenoxy) is 1. The largest absolute Gasteiger partial charge is 0.444 e. The number of aryl methyl sites for hydroxylation is 3.